The van der Waals surface area contributed by atoms with Crippen molar-refractivity contribution in [3.63, 3.8) is 0 Å². The van der Waals surface area contributed by atoms with Crippen LogP contribution in [0.15, 0.2) is 120 Å². The van der Waals surface area contributed by atoms with Gasteiger partial charge in [-0.3, -0.25) is 9.59 Å². The number of hydrogen-bond donors (Lipinski definition) is 1. The van der Waals surface area contributed by atoms with Crippen LogP contribution in [-0.4, -0.2) is 29.3 Å². The highest BCUT2D eigenvalue weighted by atomic mass is 79.9. The highest BCUT2D eigenvalue weighted by Gasteiger charge is 2.32. The van der Waals surface area contributed by atoms with Gasteiger partial charge in [0.15, 0.2) is 0 Å². The fourth-order valence-corrected chi connectivity index (χ4v) is 4.99. The molecule has 4 aromatic rings. The first-order valence-corrected chi connectivity index (χ1v) is 13.8. The number of rotatable bonds is 11. The van der Waals surface area contributed by atoms with Crippen molar-refractivity contribution >= 4 is 27.7 Å². The summed E-state index contributed by atoms with van der Waals surface area (Å²) >= 11 is 3.50. The molecular formula is C33H33BrN2O2. The maximum atomic E-state index is 14.2. The number of nitrogens with zero attached hydrogens (tertiary/aromatic N) is 1. The van der Waals surface area contributed by atoms with Crippen LogP contribution in [0, 0.1) is 0 Å². The van der Waals surface area contributed by atoms with Crippen LogP contribution < -0.4 is 5.32 Å². The summed E-state index contributed by atoms with van der Waals surface area (Å²) < 4.78 is 0.969. The standard InChI is InChI=1S/C33H33BrN2O2/c1-2-35-33(38)31(22-25-12-6-3-7-13-25)36(24-26-18-20-29(34)21-19-26)32(37)23-30(27-14-8-4-9-15-27)28-16-10-5-11-17-28/h3-21,30-31H,2,22-24H2,1H3,(H,35,38)/t31-/m1/s1. The van der Waals surface area contributed by atoms with Crippen molar-refractivity contribution in [1.29, 1.82) is 0 Å². The van der Waals surface area contributed by atoms with Crippen molar-refractivity contribution in [2.75, 3.05) is 6.54 Å². The Morgan fingerprint density at radius 3 is 1.79 bits per heavy atom. The summed E-state index contributed by atoms with van der Waals surface area (Å²) in [5.74, 6) is -0.320. The van der Waals surface area contributed by atoms with E-state index in [9.17, 15) is 9.59 Å². The van der Waals surface area contributed by atoms with E-state index in [2.05, 4.69) is 45.5 Å². The Kier molecular flexibility index (Phi) is 9.88. The van der Waals surface area contributed by atoms with Gasteiger partial charge in [-0.15, -0.1) is 0 Å². The number of hydrogen-bond acceptors (Lipinski definition) is 2. The molecule has 2 amide bonds. The molecule has 4 rings (SSSR count). The Hall–Kier alpha value is -3.70. The lowest BCUT2D eigenvalue weighted by atomic mass is 9.87. The van der Waals surface area contributed by atoms with Gasteiger partial charge < -0.3 is 10.2 Å². The van der Waals surface area contributed by atoms with Gasteiger partial charge >= 0.3 is 0 Å². The highest BCUT2D eigenvalue weighted by molar-refractivity contribution is 9.10. The summed E-state index contributed by atoms with van der Waals surface area (Å²) in [7, 11) is 0. The summed E-state index contributed by atoms with van der Waals surface area (Å²) in [6, 6.07) is 37.4. The Bertz CT molecular complexity index is 1260. The molecule has 0 saturated heterocycles. The largest absolute Gasteiger partial charge is 0.355 e. The average molecular weight is 570 g/mol. The maximum absolute atomic E-state index is 14.2. The molecule has 1 N–H and O–H groups in total. The van der Waals surface area contributed by atoms with Crippen molar-refractivity contribution in [3.8, 4) is 0 Å². The minimum Gasteiger partial charge on any atom is -0.355 e. The summed E-state index contributed by atoms with van der Waals surface area (Å²) in [6.07, 6.45) is 0.700. The molecule has 0 bridgehead atoms. The van der Waals surface area contributed by atoms with Crippen molar-refractivity contribution in [2.45, 2.75) is 38.3 Å². The van der Waals surface area contributed by atoms with Crippen molar-refractivity contribution in [2.24, 2.45) is 0 Å². The van der Waals surface area contributed by atoms with Crippen molar-refractivity contribution in [3.05, 3.63) is 142 Å². The number of likely N-dealkylation sites (N-methyl/N-ethyl adjacent to an activating group) is 1. The van der Waals surface area contributed by atoms with Gasteiger partial charge in [-0.05, 0) is 41.3 Å². The smallest absolute Gasteiger partial charge is 0.243 e. The summed E-state index contributed by atoms with van der Waals surface area (Å²) in [5, 5.41) is 2.97. The Balaban J connectivity index is 1.71. The predicted molar refractivity (Wildman–Crippen MR) is 157 cm³/mol. The van der Waals surface area contributed by atoms with Gasteiger partial charge in [-0.1, -0.05) is 119 Å². The average Bonchev–Trinajstić information content (AvgIpc) is 2.96. The number of benzene rings is 4. The van der Waals surface area contributed by atoms with E-state index in [-0.39, 0.29) is 24.2 Å². The minimum atomic E-state index is -0.638. The van der Waals surface area contributed by atoms with Gasteiger partial charge in [-0.2, -0.15) is 0 Å². The Labute approximate surface area is 233 Å². The van der Waals surface area contributed by atoms with Crippen molar-refractivity contribution < 1.29 is 9.59 Å². The van der Waals surface area contributed by atoms with E-state index >= 15 is 0 Å². The van der Waals surface area contributed by atoms with Crippen LogP contribution >= 0.6 is 15.9 Å². The van der Waals surface area contributed by atoms with Crippen LogP contribution in [0.5, 0.6) is 0 Å². The number of halogens is 1. The van der Waals surface area contributed by atoms with E-state index in [1.165, 1.54) is 0 Å². The van der Waals surface area contributed by atoms with E-state index < -0.39 is 6.04 Å². The molecule has 0 spiro atoms. The fraction of sp³-hybridized carbons (Fsp3) is 0.212. The predicted octanol–water partition coefficient (Wildman–Crippen LogP) is 6.75. The molecular weight excluding hydrogens is 536 g/mol. The molecule has 5 heteroatoms. The second-order valence-corrected chi connectivity index (χ2v) is 10.2. The lowest BCUT2D eigenvalue weighted by molar-refractivity contribution is -0.141. The van der Waals surface area contributed by atoms with E-state index in [1.54, 1.807) is 4.90 Å². The topological polar surface area (TPSA) is 49.4 Å². The molecule has 0 radical (unpaired) electrons. The van der Waals surface area contributed by atoms with Crippen LogP contribution in [-0.2, 0) is 22.6 Å². The zero-order valence-electron chi connectivity index (χ0n) is 21.6. The SMILES string of the molecule is CCNC(=O)[C@@H](Cc1ccccc1)N(Cc1ccc(Br)cc1)C(=O)CC(c1ccccc1)c1ccccc1. The highest BCUT2D eigenvalue weighted by Crippen LogP contribution is 2.30. The summed E-state index contributed by atoms with van der Waals surface area (Å²) in [6.45, 7) is 2.75. The molecule has 4 aromatic carbocycles. The van der Waals surface area contributed by atoms with Gasteiger partial charge in [-0.25, -0.2) is 0 Å². The number of carbonyl (C=O) groups is 2. The second kappa shape index (κ2) is 13.7. The van der Waals surface area contributed by atoms with E-state index in [0.29, 0.717) is 19.5 Å². The molecule has 0 fully saturated rings. The monoisotopic (exact) mass is 568 g/mol. The molecule has 0 aliphatic heterocycles. The third-order valence-corrected chi connectivity index (χ3v) is 7.20. The van der Waals surface area contributed by atoms with E-state index in [1.807, 2.05) is 97.9 Å². The van der Waals surface area contributed by atoms with Gasteiger partial charge in [0, 0.05) is 36.3 Å². The molecule has 194 valence electrons. The first-order valence-electron chi connectivity index (χ1n) is 13.0. The van der Waals surface area contributed by atoms with Crippen LogP contribution in [0.4, 0.5) is 0 Å². The number of carbonyl (C=O) groups excluding carboxylic acids is 2. The lowest BCUT2D eigenvalue weighted by Gasteiger charge is -2.33. The fourth-order valence-electron chi connectivity index (χ4n) is 4.72. The molecule has 0 heterocycles. The molecule has 1 atom stereocenters. The maximum Gasteiger partial charge on any atom is 0.243 e. The zero-order valence-corrected chi connectivity index (χ0v) is 23.2. The Morgan fingerprint density at radius 2 is 1.26 bits per heavy atom. The van der Waals surface area contributed by atoms with Crippen LogP contribution in [0.25, 0.3) is 0 Å². The Morgan fingerprint density at radius 1 is 0.737 bits per heavy atom. The number of nitrogens with one attached hydrogen (secondary N) is 1. The van der Waals surface area contributed by atoms with E-state index in [0.717, 1.165) is 26.7 Å². The third-order valence-electron chi connectivity index (χ3n) is 6.67. The lowest BCUT2D eigenvalue weighted by Crippen LogP contribution is -2.50. The molecule has 0 unspecified atom stereocenters. The normalized spacial score (nSPS) is 11.7. The van der Waals surface area contributed by atoms with Crippen LogP contribution in [0.2, 0.25) is 0 Å². The molecule has 4 nitrogen and oxygen atoms in total. The number of amides is 2. The van der Waals surface area contributed by atoms with Crippen LogP contribution in [0.3, 0.4) is 0 Å². The molecule has 0 saturated carbocycles. The van der Waals surface area contributed by atoms with Gasteiger partial charge in [0.2, 0.25) is 11.8 Å². The van der Waals surface area contributed by atoms with Gasteiger partial charge in [0.1, 0.15) is 6.04 Å². The molecule has 0 aromatic heterocycles. The first-order chi connectivity index (χ1) is 18.5. The second-order valence-electron chi connectivity index (χ2n) is 9.33. The summed E-state index contributed by atoms with van der Waals surface area (Å²) in [5.41, 5.74) is 4.14. The molecule has 0 aliphatic rings. The summed E-state index contributed by atoms with van der Waals surface area (Å²) in [4.78, 5) is 29.5. The molecule has 0 aliphatic carbocycles. The first kappa shape index (κ1) is 27.3. The van der Waals surface area contributed by atoms with Gasteiger partial charge in [0.05, 0.1) is 0 Å². The van der Waals surface area contributed by atoms with Crippen LogP contribution in [0.1, 0.15) is 41.5 Å². The quantitative estimate of drug-likeness (QED) is 0.217. The van der Waals surface area contributed by atoms with Gasteiger partial charge in [0.25, 0.3) is 0 Å². The van der Waals surface area contributed by atoms with E-state index in [4.69, 9.17) is 0 Å². The van der Waals surface area contributed by atoms with Crippen molar-refractivity contribution in [1.82, 2.24) is 10.2 Å². The minimum absolute atomic E-state index is 0.0576. The third kappa shape index (κ3) is 7.42. The molecule has 38 heavy (non-hydrogen) atoms. The zero-order chi connectivity index (χ0) is 26.7.